The average molecular weight is 471 g/mol. The van der Waals surface area contributed by atoms with Crippen LogP contribution in [0.5, 0.6) is 0 Å². The summed E-state index contributed by atoms with van der Waals surface area (Å²) in [5.41, 5.74) is 0. The SMILES string of the molecule is CC(C)C(=O)OCC(COC(=O)C(C)C)O[Si](c1ccccc1)(c1ccccc1)C(C)(C)C. The third-order valence-electron chi connectivity index (χ3n) is 5.53. The van der Waals surface area contributed by atoms with Crippen molar-refractivity contribution in [1.82, 2.24) is 0 Å². The summed E-state index contributed by atoms with van der Waals surface area (Å²) in [6.45, 7) is 13.7. The third-order valence-corrected chi connectivity index (χ3v) is 10.6. The van der Waals surface area contributed by atoms with Gasteiger partial charge in [0.1, 0.15) is 19.3 Å². The number of carbonyl (C=O) groups is 2. The summed E-state index contributed by atoms with van der Waals surface area (Å²) in [7, 11) is -2.89. The number of esters is 2. The Morgan fingerprint density at radius 3 is 1.39 bits per heavy atom. The molecule has 0 atom stereocenters. The van der Waals surface area contributed by atoms with Crippen molar-refractivity contribution in [2.45, 2.75) is 59.6 Å². The van der Waals surface area contributed by atoms with Crippen LogP contribution in [0.4, 0.5) is 0 Å². The standard InChI is InChI=1S/C27H38O5Si/c1-20(2)25(28)30-18-22(19-31-26(29)21(3)4)32-33(27(5,6)7,23-14-10-8-11-15-23)24-16-12-9-13-17-24/h8-17,20-22H,18-19H2,1-7H3. The first kappa shape index (κ1) is 26.8. The van der Waals surface area contributed by atoms with E-state index in [4.69, 9.17) is 13.9 Å². The van der Waals surface area contributed by atoms with Crippen LogP contribution in [0.25, 0.3) is 0 Å². The van der Waals surface area contributed by atoms with E-state index in [1.165, 1.54) is 0 Å². The van der Waals surface area contributed by atoms with E-state index in [9.17, 15) is 9.59 Å². The van der Waals surface area contributed by atoms with Crippen molar-refractivity contribution in [3.8, 4) is 0 Å². The summed E-state index contributed by atoms with van der Waals surface area (Å²) >= 11 is 0. The zero-order chi connectivity index (χ0) is 24.6. The van der Waals surface area contributed by atoms with Crippen LogP contribution in [0.2, 0.25) is 5.04 Å². The molecule has 0 spiro atoms. The number of carbonyl (C=O) groups excluding carboxylic acids is 2. The minimum absolute atomic E-state index is 0.0207. The van der Waals surface area contributed by atoms with Crippen LogP contribution in [0.3, 0.4) is 0 Å². The Morgan fingerprint density at radius 2 is 1.09 bits per heavy atom. The second kappa shape index (κ2) is 11.6. The van der Waals surface area contributed by atoms with E-state index in [0.717, 1.165) is 10.4 Å². The number of hydrogen-bond acceptors (Lipinski definition) is 5. The molecule has 0 aliphatic rings. The smallest absolute Gasteiger partial charge is 0.308 e. The summed E-state index contributed by atoms with van der Waals surface area (Å²) in [6.07, 6.45) is -0.596. The van der Waals surface area contributed by atoms with Crippen molar-refractivity contribution in [1.29, 1.82) is 0 Å². The molecule has 33 heavy (non-hydrogen) atoms. The highest BCUT2D eigenvalue weighted by Gasteiger charge is 2.51. The summed E-state index contributed by atoms with van der Waals surface area (Å²) in [5.74, 6) is -1.11. The molecule has 0 bridgehead atoms. The van der Waals surface area contributed by atoms with Gasteiger partial charge in [0.25, 0.3) is 8.32 Å². The largest absolute Gasteiger partial charge is 0.463 e. The van der Waals surface area contributed by atoms with Crippen molar-refractivity contribution in [2.24, 2.45) is 11.8 Å². The highest BCUT2D eigenvalue weighted by molar-refractivity contribution is 6.99. The second-order valence-electron chi connectivity index (χ2n) is 9.97. The van der Waals surface area contributed by atoms with Gasteiger partial charge in [0.05, 0.1) is 11.8 Å². The van der Waals surface area contributed by atoms with E-state index in [1.54, 1.807) is 27.7 Å². The fourth-order valence-electron chi connectivity index (χ4n) is 3.74. The maximum absolute atomic E-state index is 12.2. The molecule has 5 nitrogen and oxygen atoms in total. The van der Waals surface area contributed by atoms with Gasteiger partial charge in [-0.05, 0) is 15.4 Å². The lowest BCUT2D eigenvalue weighted by Gasteiger charge is -2.45. The highest BCUT2D eigenvalue weighted by Crippen LogP contribution is 2.37. The Kier molecular flexibility index (Phi) is 9.43. The molecule has 2 aromatic carbocycles. The van der Waals surface area contributed by atoms with Gasteiger partial charge in [-0.15, -0.1) is 0 Å². The summed E-state index contributed by atoms with van der Waals surface area (Å²) in [6, 6.07) is 20.4. The maximum Gasteiger partial charge on any atom is 0.308 e. The van der Waals surface area contributed by atoms with Gasteiger partial charge < -0.3 is 13.9 Å². The van der Waals surface area contributed by atoms with Crippen LogP contribution in [0.1, 0.15) is 48.5 Å². The summed E-state index contributed by atoms with van der Waals surface area (Å²) in [5, 5.41) is 1.97. The minimum Gasteiger partial charge on any atom is -0.463 e. The first-order valence-electron chi connectivity index (χ1n) is 11.6. The fraction of sp³-hybridized carbons (Fsp3) is 0.481. The molecule has 0 unspecified atom stereocenters. The predicted molar refractivity (Wildman–Crippen MR) is 134 cm³/mol. The molecule has 0 radical (unpaired) electrons. The Morgan fingerprint density at radius 1 is 0.727 bits per heavy atom. The lowest BCUT2D eigenvalue weighted by Crippen LogP contribution is -2.68. The van der Waals surface area contributed by atoms with E-state index in [-0.39, 0.29) is 42.0 Å². The van der Waals surface area contributed by atoms with Crippen LogP contribution < -0.4 is 10.4 Å². The molecule has 180 valence electrons. The van der Waals surface area contributed by atoms with Gasteiger partial charge in [0, 0.05) is 0 Å². The first-order chi connectivity index (χ1) is 15.5. The monoisotopic (exact) mass is 470 g/mol. The van der Waals surface area contributed by atoms with Gasteiger partial charge in [-0.25, -0.2) is 0 Å². The van der Waals surface area contributed by atoms with E-state index < -0.39 is 14.4 Å². The molecule has 0 aliphatic carbocycles. The number of benzene rings is 2. The molecule has 0 fully saturated rings. The van der Waals surface area contributed by atoms with Crippen molar-refractivity contribution < 1.29 is 23.5 Å². The van der Waals surface area contributed by atoms with Crippen LogP contribution in [-0.4, -0.2) is 39.6 Å². The fourth-order valence-corrected chi connectivity index (χ4v) is 8.39. The molecule has 2 aromatic rings. The van der Waals surface area contributed by atoms with E-state index >= 15 is 0 Å². The van der Waals surface area contributed by atoms with E-state index in [1.807, 2.05) is 36.4 Å². The molecule has 0 N–H and O–H groups in total. The van der Waals surface area contributed by atoms with E-state index in [2.05, 4.69) is 45.0 Å². The van der Waals surface area contributed by atoms with Gasteiger partial charge in [-0.3, -0.25) is 9.59 Å². The highest BCUT2D eigenvalue weighted by atomic mass is 28.4. The van der Waals surface area contributed by atoms with Crippen LogP contribution >= 0.6 is 0 Å². The zero-order valence-corrected chi connectivity index (χ0v) is 22.0. The Hall–Kier alpha value is -2.44. The normalized spacial score (nSPS) is 12.3. The topological polar surface area (TPSA) is 61.8 Å². The molecule has 0 saturated carbocycles. The quantitative estimate of drug-likeness (QED) is 0.382. The molecule has 0 saturated heterocycles. The molecule has 0 aliphatic heterocycles. The first-order valence-corrected chi connectivity index (χ1v) is 13.5. The van der Waals surface area contributed by atoms with Gasteiger partial charge >= 0.3 is 11.9 Å². The zero-order valence-electron chi connectivity index (χ0n) is 21.0. The van der Waals surface area contributed by atoms with E-state index in [0.29, 0.717) is 0 Å². The molecular formula is C27H38O5Si. The molecule has 2 rings (SSSR count). The maximum atomic E-state index is 12.2. The van der Waals surface area contributed by atoms with Crippen LogP contribution in [0.15, 0.2) is 60.7 Å². The minimum atomic E-state index is -2.89. The average Bonchev–Trinajstić information content (AvgIpc) is 2.78. The lowest BCUT2D eigenvalue weighted by molar-refractivity contribution is -0.155. The Labute approximate surface area is 199 Å². The van der Waals surface area contributed by atoms with Gasteiger partial charge in [-0.2, -0.15) is 0 Å². The summed E-state index contributed by atoms with van der Waals surface area (Å²) < 4.78 is 18.1. The summed E-state index contributed by atoms with van der Waals surface area (Å²) in [4.78, 5) is 24.4. The van der Waals surface area contributed by atoms with Crippen LogP contribution in [0, 0.1) is 11.8 Å². The molecule has 6 heteroatoms. The van der Waals surface area contributed by atoms with Crippen molar-refractivity contribution >= 4 is 30.6 Å². The molecule has 0 heterocycles. The van der Waals surface area contributed by atoms with Crippen LogP contribution in [-0.2, 0) is 23.5 Å². The Bertz CT molecular complexity index is 824. The lowest BCUT2D eigenvalue weighted by atomic mass is 10.2. The number of hydrogen-bond donors (Lipinski definition) is 0. The van der Waals surface area contributed by atoms with Gasteiger partial charge in [0.2, 0.25) is 0 Å². The predicted octanol–water partition coefficient (Wildman–Crippen LogP) is 4.33. The number of rotatable bonds is 10. The third kappa shape index (κ3) is 6.78. The van der Waals surface area contributed by atoms with Crippen molar-refractivity contribution in [3.63, 3.8) is 0 Å². The van der Waals surface area contributed by atoms with Crippen molar-refractivity contribution in [2.75, 3.05) is 13.2 Å². The van der Waals surface area contributed by atoms with Crippen molar-refractivity contribution in [3.05, 3.63) is 60.7 Å². The van der Waals surface area contributed by atoms with Gasteiger partial charge in [0.15, 0.2) is 0 Å². The second-order valence-corrected chi connectivity index (χ2v) is 14.2. The van der Waals surface area contributed by atoms with Gasteiger partial charge in [-0.1, -0.05) is 109 Å². The molecule has 0 aromatic heterocycles. The molecule has 0 amide bonds. The number of ether oxygens (including phenoxy) is 2. The Balaban J connectivity index is 2.53. The molecular weight excluding hydrogens is 432 g/mol.